The van der Waals surface area contributed by atoms with E-state index in [1.165, 1.54) is 16.7 Å². The lowest BCUT2D eigenvalue weighted by Gasteiger charge is -2.52. The van der Waals surface area contributed by atoms with Crippen LogP contribution in [0.4, 0.5) is 0 Å². The Balaban J connectivity index is 1.95. The van der Waals surface area contributed by atoms with Gasteiger partial charge in [0, 0.05) is 12.2 Å². The molecule has 90 valence electrons. The molecular formula is C14H18N2S. The third kappa shape index (κ3) is 1.60. The van der Waals surface area contributed by atoms with Crippen LogP contribution in [0.3, 0.4) is 0 Å². The minimum absolute atomic E-state index is 0.335. The van der Waals surface area contributed by atoms with Crippen molar-refractivity contribution in [1.29, 1.82) is 0 Å². The van der Waals surface area contributed by atoms with Crippen molar-refractivity contribution in [2.24, 2.45) is 5.41 Å². The number of hydrogen-bond donors (Lipinski definition) is 1. The maximum atomic E-state index is 4.55. The summed E-state index contributed by atoms with van der Waals surface area (Å²) in [5, 5.41) is 5.52. The van der Waals surface area contributed by atoms with Gasteiger partial charge >= 0.3 is 0 Å². The van der Waals surface area contributed by atoms with E-state index in [0.29, 0.717) is 17.4 Å². The van der Waals surface area contributed by atoms with Crippen LogP contribution in [-0.4, -0.2) is 18.1 Å². The number of fused-ring (bicyclic) bond motifs is 1. The molecule has 3 heteroatoms. The Hall–Kier alpha value is -0.930. The summed E-state index contributed by atoms with van der Waals surface area (Å²) >= 11 is 1.78. The summed E-state index contributed by atoms with van der Waals surface area (Å²) in [5.74, 6) is 0.638. The second-order valence-corrected chi connectivity index (χ2v) is 6.47. The average Bonchev–Trinajstić information content (AvgIpc) is 2.75. The van der Waals surface area contributed by atoms with Crippen LogP contribution in [0.25, 0.3) is 10.2 Å². The van der Waals surface area contributed by atoms with Crippen LogP contribution in [0.2, 0.25) is 0 Å². The summed E-state index contributed by atoms with van der Waals surface area (Å²) in [5.41, 5.74) is 2.86. The van der Waals surface area contributed by atoms with Crippen LogP contribution in [-0.2, 0) is 0 Å². The van der Waals surface area contributed by atoms with E-state index in [-0.39, 0.29) is 0 Å². The van der Waals surface area contributed by atoms with E-state index in [0.717, 1.165) is 5.52 Å². The highest BCUT2D eigenvalue weighted by atomic mass is 32.1. The Morgan fingerprint density at radius 1 is 1.47 bits per heavy atom. The minimum Gasteiger partial charge on any atom is -0.316 e. The molecule has 0 bridgehead atoms. The maximum Gasteiger partial charge on any atom is 0.0809 e. The number of aromatic nitrogens is 1. The highest BCUT2D eigenvalue weighted by Gasteiger charge is 2.47. The van der Waals surface area contributed by atoms with Gasteiger partial charge in [-0.05, 0) is 47.9 Å². The molecule has 0 aromatic carbocycles. The molecule has 0 radical (unpaired) electrons. The zero-order valence-electron chi connectivity index (χ0n) is 10.5. The fourth-order valence-electron chi connectivity index (χ4n) is 3.03. The zero-order chi connectivity index (χ0) is 12.0. The van der Waals surface area contributed by atoms with Gasteiger partial charge in [-0.2, -0.15) is 0 Å². The van der Waals surface area contributed by atoms with E-state index in [9.17, 15) is 0 Å². The second kappa shape index (κ2) is 3.79. The normalized spacial score (nSPS) is 27.0. The van der Waals surface area contributed by atoms with Gasteiger partial charge in [0.15, 0.2) is 0 Å². The number of thiophene rings is 1. The van der Waals surface area contributed by atoms with Crippen molar-refractivity contribution in [1.82, 2.24) is 10.3 Å². The van der Waals surface area contributed by atoms with E-state index in [1.807, 2.05) is 0 Å². The topological polar surface area (TPSA) is 24.9 Å². The molecule has 0 spiro atoms. The van der Waals surface area contributed by atoms with E-state index >= 15 is 0 Å². The van der Waals surface area contributed by atoms with Crippen LogP contribution in [0.1, 0.15) is 31.7 Å². The molecule has 17 heavy (non-hydrogen) atoms. The van der Waals surface area contributed by atoms with Crippen molar-refractivity contribution in [3.8, 4) is 0 Å². The largest absolute Gasteiger partial charge is 0.316 e. The van der Waals surface area contributed by atoms with Gasteiger partial charge in [-0.1, -0.05) is 13.8 Å². The first-order valence-electron chi connectivity index (χ1n) is 6.13. The van der Waals surface area contributed by atoms with Crippen LogP contribution >= 0.6 is 11.3 Å². The van der Waals surface area contributed by atoms with Gasteiger partial charge in [-0.3, -0.25) is 4.98 Å². The molecule has 3 rings (SSSR count). The monoisotopic (exact) mass is 246 g/mol. The van der Waals surface area contributed by atoms with Crippen LogP contribution in [0.5, 0.6) is 0 Å². The van der Waals surface area contributed by atoms with E-state index in [2.05, 4.69) is 54.9 Å². The number of rotatable bonds is 2. The Labute approximate surface area is 106 Å². The molecule has 0 saturated heterocycles. The highest BCUT2D eigenvalue weighted by molar-refractivity contribution is 7.17. The lowest BCUT2D eigenvalue weighted by atomic mass is 9.56. The van der Waals surface area contributed by atoms with Crippen molar-refractivity contribution in [3.05, 3.63) is 29.3 Å². The smallest absolute Gasteiger partial charge is 0.0809 e. The summed E-state index contributed by atoms with van der Waals surface area (Å²) in [6.45, 7) is 4.70. The molecule has 2 aromatic heterocycles. The molecular weight excluding hydrogens is 228 g/mol. The van der Waals surface area contributed by atoms with Crippen LogP contribution in [0, 0.1) is 5.41 Å². The number of pyridine rings is 1. The lowest BCUT2D eigenvalue weighted by molar-refractivity contribution is 0.0750. The zero-order valence-corrected chi connectivity index (χ0v) is 11.3. The first-order valence-corrected chi connectivity index (χ1v) is 7.01. The van der Waals surface area contributed by atoms with E-state index < -0.39 is 0 Å². The van der Waals surface area contributed by atoms with Gasteiger partial charge in [-0.25, -0.2) is 0 Å². The Morgan fingerprint density at radius 3 is 3.00 bits per heavy atom. The molecule has 1 fully saturated rings. The molecule has 2 heterocycles. The van der Waals surface area contributed by atoms with Gasteiger partial charge in [0.2, 0.25) is 0 Å². The summed E-state index contributed by atoms with van der Waals surface area (Å²) < 4.78 is 1.31. The lowest BCUT2D eigenvalue weighted by Crippen LogP contribution is -2.54. The molecule has 2 aromatic rings. The van der Waals surface area contributed by atoms with Crippen molar-refractivity contribution in [2.75, 3.05) is 7.05 Å². The highest BCUT2D eigenvalue weighted by Crippen LogP contribution is 2.52. The fourth-order valence-corrected chi connectivity index (χ4v) is 3.82. The van der Waals surface area contributed by atoms with Crippen LogP contribution in [0.15, 0.2) is 23.7 Å². The predicted molar refractivity (Wildman–Crippen MR) is 73.6 cm³/mol. The third-order valence-electron chi connectivity index (χ3n) is 4.34. The first kappa shape index (κ1) is 11.2. The molecule has 2 nitrogen and oxygen atoms in total. The van der Waals surface area contributed by atoms with Crippen molar-refractivity contribution >= 4 is 21.6 Å². The quantitative estimate of drug-likeness (QED) is 0.878. The molecule has 1 N–H and O–H groups in total. The summed E-state index contributed by atoms with van der Waals surface area (Å²) in [6, 6.07) is 5.05. The summed E-state index contributed by atoms with van der Waals surface area (Å²) in [4.78, 5) is 4.55. The summed E-state index contributed by atoms with van der Waals surface area (Å²) in [7, 11) is 2.06. The Kier molecular flexibility index (Phi) is 2.49. The Morgan fingerprint density at radius 2 is 2.29 bits per heavy atom. The third-order valence-corrected chi connectivity index (χ3v) is 5.20. The Bertz CT molecular complexity index is 544. The first-order chi connectivity index (χ1) is 8.13. The van der Waals surface area contributed by atoms with Gasteiger partial charge in [0.05, 0.1) is 10.2 Å². The maximum absolute atomic E-state index is 4.55. The standard InChI is InChI=1S/C14H18N2S/c1-14(2)10(7-13(14)15-3)9-6-12-11(16-8-9)4-5-17-12/h4-6,8,10,13,15H,7H2,1-3H3. The van der Waals surface area contributed by atoms with E-state index in [4.69, 9.17) is 0 Å². The molecule has 0 aliphatic heterocycles. The van der Waals surface area contributed by atoms with Gasteiger partial charge in [-0.15, -0.1) is 11.3 Å². The van der Waals surface area contributed by atoms with Crippen molar-refractivity contribution in [3.63, 3.8) is 0 Å². The van der Waals surface area contributed by atoms with Gasteiger partial charge < -0.3 is 5.32 Å². The van der Waals surface area contributed by atoms with Crippen LogP contribution < -0.4 is 5.32 Å². The average molecular weight is 246 g/mol. The second-order valence-electron chi connectivity index (χ2n) is 5.52. The minimum atomic E-state index is 0.335. The molecule has 0 amide bonds. The number of hydrogen-bond acceptors (Lipinski definition) is 3. The molecule has 1 aliphatic carbocycles. The van der Waals surface area contributed by atoms with Gasteiger partial charge in [0.25, 0.3) is 0 Å². The SMILES string of the molecule is CNC1CC(c2cnc3ccsc3c2)C1(C)C. The molecule has 2 unspecified atom stereocenters. The molecule has 1 aliphatic rings. The molecule has 2 atom stereocenters. The van der Waals surface area contributed by atoms with Gasteiger partial charge in [0.1, 0.15) is 0 Å². The fraction of sp³-hybridized carbons (Fsp3) is 0.500. The van der Waals surface area contributed by atoms with E-state index in [1.54, 1.807) is 11.3 Å². The van der Waals surface area contributed by atoms with Crippen molar-refractivity contribution in [2.45, 2.75) is 32.2 Å². The predicted octanol–water partition coefficient (Wildman–Crippen LogP) is 3.40. The van der Waals surface area contributed by atoms with Crippen molar-refractivity contribution < 1.29 is 0 Å². The number of nitrogens with one attached hydrogen (secondary N) is 1. The summed E-state index contributed by atoms with van der Waals surface area (Å²) in [6.07, 6.45) is 3.29. The molecule has 1 saturated carbocycles. The number of nitrogens with zero attached hydrogens (tertiary/aromatic N) is 1.